The first-order valence-electron chi connectivity index (χ1n) is 2.71. The van der Waals surface area contributed by atoms with Gasteiger partial charge in [-0.3, -0.25) is 4.79 Å². The predicted molar refractivity (Wildman–Crippen MR) is 37.7 cm³/mol. The maximum atomic E-state index is 10.8. The molecule has 1 heterocycles. The molecule has 1 aliphatic heterocycles. The fraction of sp³-hybridized carbons (Fsp3) is 0.500. The van der Waals surface area contributed by atoms with Crippen LogP contribution in [0.1, 0.15) is 6.92 Å². The number of aliphatic hydroxyl groups excluding tert-OH is 1. The number of carbonyl (C=O) groups excluding carboxylic acids is 1. The van der Waals surface area contributed by atoms with Gasteiger partial charge >= 0.3 is 0 Å². The van der Waals surface area contributed by atoms with Gasteiger partial charge in [0, 0.05) is 5.57 Å². The van der Waals surface area contributed by atoms with Crippen molar-refractivity contribution in [3.8, 4) is 0 Å². The quantitative estimate of drug-likeness (QED) is 0.554. The molecule has 1 aliphatic rings. The van der Waals surface area contributed by atoms with E-state index >= 15 is 0 Å². The molecule has 0 aliphatic carbocycles. The summed E-state index contributed by atoms with van der Waals surface area (Å²) in [5.74, 6) is 1.42. The highest BCUT2D eigenvalue weighted by atomic mass is 32.2. The van der Waals surface area contributed by atoms with Crippen molar-refractivity contribution in [2.75, 3.05) is 11.5 Å². The third-order valence-corrected chi connectivity index (χ3v) is 2.27. The lowest BCUT2D eigenvalue weighted by atomic mass is 10.2. The predicted octanol–water partition coefficient (Wildman–Crippen LogP) is 1.13. The summed E-state index contributed by atoms with van der Waals surface area (Å²) in [6, 6.07) is 0. The minimum absolute atomic E-state index is 0.0590. The van der Waals surface area contributed by atoms with Gasteiger partial charge in [-0.25, -0.2) is 0 Å². The first-order valence-corrected chi connectivity index (χ1v) is 3.87. The van der Waals surface area contributed by atoms with Crippen molar-refractivity contribution in [1.29, 1.82) is 0 Å². The van der Waals surface area contributed by atoms with E-state index < -0.39 is 0 Å². The molecule has 0 aromatic carbocycles. The van der Waals surface area contributed by atoms with Crippen LogP contribution in [0.5, 0.6) is 0 Å². The maximum Gasteiger partial charge on any atom is 0.171 e. The molecule has 0 radical (unpaired) electrons. The van der Waals surface area contributed by atoms with Crippen LogP contribution in [0.2, 0.25) is 0 Å². The number of allylic oxidation sites excluding steroid dienone is 1. The summed E-state index contributed by atoms with van der Waals surface area (Å²) in [5, 5.41) is 8.99. The summed E-state index contributed by atoms with van der Waals surface area (Å²) < 4.78 is 0. The van der Waals surface area contributed by atoms with Gasteiger partial charge < -0.3 is 5.11 Å². The van der Waals surface area contributed by atoms with Crippen LogP contribution in [0, 0.1) is 0 Å². The Labute approximate surface area is 57.9 Å². The van der Waals surface area contributed by atoms with E-state index in [-0.39, 0.29) is 11.5 Å². The monoisotopic (exact) mass is 144 g/mol. The molecule has 0 saturated heterocycles. The van der Waals surface area contributed by atoms with E-state index in [0.29, 0.717) is 17.1 Å². The molecule has 0 unspecified atom stereocenters. The van der Waals surface area contributed by atoms with E-state index in [9.17, 15) is 4.79 Å². The van der Waals surface area contributed by atoms with Crippen LogP contribution in [0.25, 0.3) is 0 Å². The second kappa shape index (κ2) is 2.43. The summed E-state index contributed by atoms with van der Waals surface area (Å²) in [7, 11) is 0. The largest absolute Gasteiger partial charge is 0.511 e. The minimum Gasteiger partial charge on any atom is -0.511 e. The summed E-state index contributed by atoms with van der Waals surface area (Å²) >= 11 is 1.46. The first-order chi connectivity index (χ1) is 4.22. The van der Waals surface area contributed by atoms with Gasteiger partial charge in [-0.1, -0.05) is 0 Å². The van der Waals surface area contributed by atoms with Crippen molar-refractivity contribution < 1.29 is 9.90 Å². The summed E-state index contributed by atoms with van der Waals surface area (Å²) in [4.78, 5) is 10.8. The second-order valence-corrected chi connectivity index (χ2v) is 2.97. The maximum absolute atomic E-state index is 10.8. The van der Waals surface area contributed by atoms with E-state index in [1.165, 1.54) is 11.8 Å². The number of aliphatic hydroxyl groups is 1. The Morgan fingerprint density at radius 2 is 2.22 bits per heavy atom. The van der Waals surface area contributed by atoms with Gasteiger partial charge in [-0.15, -0.1) is 11.8 Å². The van der Waals surface area contributed by atoms with Crippen molar-refractivity contribution >= 4 is 17.5 Å². The fourth-order valence-electron chi connectivity index (χ4n) is 0.618. The van der Waals surface area contributed by atoms with E-state index in [4.69, 9.17) is 5.11 Å². The molecular formula is C6H8O2S. The molecule has 2 nitrogen and oxygen atoms in total. The van der Waals surface area contributed by atoms with E-state index in [1.54, 1.807) is 6.92 Å². The van der Waals surface area contributed by atoms with E-state index in [0.717, 1.165) is 0 Å². The highest BCUT2D eigenvalue weighted by Gasteiger charge is 2.15. The Morgan fingerprint density at radius 3 is 2.67 bits per heavy atom. The van der Waals surface area contributed by atoms with Gasteiger partial charge in [-0.05, 0) is 6.92 Å². The van der Waals surface area contributed by atoms with Gasteiger partial charge in [0.05, 0.1) is 11.5 Å². The molecule has 0 aromatic heterocycles. The van der Waals surface area contributed by atoms with Crippen molar-refractivity contribution in [3.63, 3.8) is 0 Å². The summed E-state index contributed by atoms with van der Waals surface area (Å²) in [6.07, 6.45) is 0. The molecule has 0 fully saturated rings. The third kappa shape index (κ3) is 1.27. The Bertz CT molecular complexity index is 172. The molecule has 0 bridgehead atoms. The fourth-order valence-corrected chi connectivity index (χ4v) is 1.53. The number of carbonyl (C=O) groups is 1. The standard InChI is InChI=1S/C6H8O2S/c1-4-5(7)2-9-3-6(4)8/h7H,2-3H2,1H3. The smallest absolute Gasteiger partial charge is 0.171 e. The topological polar surface area (TPSA) is 37.3 Å². The van der Waals surface area contributed by atoms with Crippen LogP contribution >= 0.6 is 11.8 Å². The van der Waals surface area contributed by atoms with Crippen LogP contribution in [-0.4, -0.2) is 22.4 Å². The molecule has 50 valence electrons. The van der Waals surface area contributed by atoms with Gasteiger partial charge in [0.1, 0.15) is 5.76 Å². The molecule has 3 heteroatoms. The number of hydrogen-bond acceptors (Lipinski definition) is 3. The minimum atomic E-state index is 0.0590. The van der Waals surface area contributed by atoms with Gasteiger partial charge in [0.25, 0.3) is 0 Å². The molecular weight excluding hydrogens is 136 g/mol. The van der Waals surface area contributed by atoms with Crippen LogP contribution < -0.4 is 0 Å². The molecule has 0 aromatic rings. The van der Waals surface area contributed by atoms with E-state index in [2.05, 4.69) is 0 Å². The number of Topliss-reactive ketones (excluding diaryl/α,β-unsaturated/α-hetero) is 1. The highest BCUT2D eigenvalue weighted by molar-refractivity contribution is 8.00. The first kappa shape index (κ1) is 6.68. The average molecular weight is 144 g/mol. The van der Waals surface area contributed by atoms with Gasteiger partial charge in [0.2, 0.25) is 0 Å². The SMILES string of the molecule is CC1=C(O)CSCC1=O. The van der Waals surface area contributed by atoms with Crippen molar-refractivity contribution in [1.82, 2.24) is 0 Å². The lowest BCUT2D eigenvalue weighted by Crippen LogP contribution is -2.12. The third-order valence-electron chi connectivity index (χ3n) is 1.32. The average Bonchev–Trinajstić information content (AvgIpc) is 1.83. The zero-order chi connectivity index (χ0) is 6.85. The lowest BCUT2D eigenvalue weighted by molar-refractivity contribution is -0.113. The second-order valence-electron chi connectivity index (χ2n) is 1.99. The van der Waals surface area contributed by atoms with Gasteiger partial charge in [0.15, 0.2) is 5.78 Å². The number of thioether (sulfide) groups is 1. The number of rotatable bonds is 0. The van der Waals surface area contributed by atoms with Crippen LogP contribution in [0.3, 0.4) is 0 Å². The molecule has 0 saturated carbocycles. The zero-order valence-electron chi connectivity index (χ0n) is 5.18. The van der Waals surface area contributed by atoms with Crippen LogP contribution in [-0.2, 0) is 4.79 Å². The number of ketones is 1. The Kier molecular flexibility index (Phi) is 1.81. The van der Waals surface area contributed by atoms with Crippen molar-refractivity contribution in [2.24, 2.45) is 0 Å². The van der Waals surface area contributed by atoms with Gasteiger partial charge in [-0.2, -0.15) is 0 Å². The molecule has 0 amide bonds. The Hall–Kier alpha value is -0.440. The number of hydrogen-bond donors (Lipinski definition) is 1. The molecule has 1 N–H and O–H groups in total. The molecule has 0 spiro atoms. The Morgan fingerprint density at radius 1 is 1.56 bits per heavy atom. The summed E-state index contributed by atoms with van der Waals surface area (Å²) in [6.45, 7) is 1.66. The molecule has 1 rings (SSSR count). The van der Waals surface area contributed by atoms with Crippen molar-refractivity contribution in [2.45, 2.75) is 6.92 Å². The Balaban J connectivity index is 2.84. The normalized spacial score (nSPS) is 20.8. The van der Waals surface area contributed by atoms with Crippen LogP contribution in [0.4, 0.5) is 0 Å². The molecule has 0 atom stereocenters. The highest BCUT2D eigenvalue weighted by Crippen LogP contribution is 2.17. The lowest BCUT2D eigenvalue weighted by Gasteiger charge is -2.09. The van der Waals surface area contributed by atoms with E-state index in [1.807, 2.05) is 0 Å². The molecule has 9 heavy (non-hydrogen) atoms. The summed E-state index contributed by atoms with van der Waals surface area (Å²) in [5.41, 5.74) is 0.536. The van der Waals surface area contributed by atoms with Crippen LogP contribution in [0.15, 0.2) is 11.3 Å². The van der Waals surface area contributed by atoms with Crippen molar-refractivity contribution in [3.05, 3.63) is 11.3 Å². The zero-order valence-corrected chi connectivity index (χ0v) is 5.99.